The second-order valence-electron chi connectivity index (χ2n) is 8.79. The lowest BCUT2D eigenvalue weighted by molar-refractivity contribution is 0.0526. The Hall–Kier alpha value is -3.11. The summed E-state index contributed by atoms with van der Waals surface area (Å²) in [6, 6.07) is 38.9. The maximum absolute atomic E-state index is 11.0. The van der Waals surface area contributed by atoms with E-state index in [2.05, 4.69) is 77.7 Å². The van der Waals surface area contributed by atoms with Gasteiger partial charge in [0.1, 0.15) is 12.4 Å². The molecule has 4 rings (SSSR count). The highest BCUT2D eigenvalue weighted by Crippen LogP contribution is 2.22. The van der Waals surface area contributed by atoms with Crippen LogP contribution in [0.3, 0.4) is 0 Å². The van der Waals surface area contributed by atoms with Crippen LogP contribution in [-0.4, -0.2) is 28.0 Å². The Morgan fingerprint density at radius 3 is 1.60 bits per heavy atom. The van der Waals surface area contributed by atoms with Crippen molar-refractivity contribution in [2.24, 2.45) is 0 Å². The number of hydrogen-bond acceptors (Lipinski definition) is 3. The van der Waals surface area contributed by atoms with Crippen LogP contribution in [0.1, 0.15) is 22.3 Å². The zero-order valence-corrected chi connectivity index (χ0v) is 20.6. The van der Waals surface area contributed by atoms with E-state index in [-0.39, 0.29) is 11.9 Å². The van der Waals surface area contributed by atoms with E-state index in [0.29, 0.717) is 13.0 Å². The number of ether oxygens (including phenoxy) is 1. The van der Waals surface area contributed by atoms with Crippen LogP contribution in [0.4, 0.5) is 0 Å². The zero-order chi connectivity index (χ0) is 24.3. The first-order valence-electron chi connectivity index (χ1n) is 12.0. The third kappa shape index (κ3) is 7.69. The molecule has 2 atom stereocenters. The molecule has 0 aliphatic heterocycles. The van der Waals surface area contributed by atoms with E-state index in [1.165, 1.54) is 11.1 Å². The summed E-state index contributed by atoms with van der Waals surface area (Å²) in [5.74, 6) is 1.01. The Morgan fingerprint density at radius 2 is 1.11 bits per heavy atom. The number of nitrogens with zero attached hydrogens (tertiary/aromatic N) is 1. The minimum Gasteiger partial charge on any atom is -0.489 e. The molecule has 0 saturated heterocycles. The third-order valence-corrected chi connectivity index (χ3v) is 6.46. The van der Waals surface area contributed by atoms with Crippen molar-refractivity contribution in [3.05, 3.63) is 138 Å². The van der Waals surface area contributed by atoms with E-state index < -0.39 is 6.10 Å². The van der Waals surface area contributed by atoms with Crippen LogP contribution in [-0.2, 0) is 26.1 Å². The lowest BCUT2D eigenvalue weighted by Gasteiger charge is -2.35. The summed E-state index contributed by atoms with van der Waals surface area (Å²) < 4.78 is 5.95. The van der Waals surface area contributed by atoms with E-state index in [0.717, 1.165) is 30.0 Å². The highest BCUT2D eigenvalue weighted by molar-refractivity contribution is 6.18. The molecule has 4 heteroatoms. The predicted molar refractivity (Wildman–Crippen MR) is 144 cm³/mol. The molecule has 2 unspecified atom stereocenters. The number of benzene rings is 4. The van der Waals surface area contributed by atoms with Crippen molar-refractivity contribution in [3.8, 4) is 5.75 Å². The standard InChI is InChI=1S/C31H32ClNO2/c32-21-31(34)30(20-25-16-18-29(19-17-25)35-24-28-14-8-3-9-15-28)33(22-26-10-4-1-5-11-26)23-27-12-6-2-7-13-27/h1-19,30-31,34H,20-24H2. The van der Waals surface area contributed by atoms with E-state index in [9.17, 15) is 5.11 Å². The van der Waals surface area contributed by atoms with Gasteiger partial charge in [-0.05, 0) is 40.8 Å². The van der Waals surface area contributed by atoms with Crippen molar-refractivity contribution >= 4 is 11.6 Å². The summed E-state index contributed by atoms with van der Waals surface area (Å²) in [5, 5.41) is 11.0. The number of halogens is 1. The molecular weight excluding hydrogens is 454 g/mol. The van der Waals surface area contributed by atoms with Crippen molar-refractivity contribution in [3.63, 3.8) is 0 Å². The van der Waals surface area contributed by atoms with Gasteiger partial charge in [-0.3, -0.25) is 4.90 Å². The molecule has 35 heavy (non-hydrogen) atoms. The van der Waals surface area contributed by atoms with Crippen molar-refractivity contribution in [1.82, 2.24) is 4.90 Å². The average Bonchev–Trinajstić information content (AvgIpc) is 2.92. The van der Waals surface area contributed by atoms with E-state index in [1.807, 2.05) is 42.5 Å². The van der Waals surface area contributed by atoms with Gasteiger partial charge < -0.3 is 9.84 Å². The monoisotopic (exact) mass is 485 g/mol. The Kier molecular flexibility index (Phi) is 9.36. The van der Waals surface area contributed by atoms with Crippen LogP contribution < -0.4 is 4.74 Å². The lowest BCUT2D eigenvalue weighted by Crippen LogP contribution is -2.45. The molecular formula is C31H32ClNO2. The first-order valence-corrected chi connectivity index (χ1v) is 12.6. The van der Waals surface area contributed by atoms with Gasteiger partial charge in [0.05, 0.1) is 6.10 Å². The molecule has 4 aromatic carbocycles. The minimum absolute atomic E-state index is 0.135. The molecule has 3 nitrogen and oxygen atoms in total. The number of rotatable bonds is 12. The Bertz CT molecular complexity index is 1080. The van der Waals surface area contributed by atoms with Crippen LogP contribution in [0.25, 0.3) is 0 Å². The summed E-state index contributed by atoms with van der Waals surface area (Å²) in [4.78, 5) is 2.33. The molecule has 1 N–H and O–H groups in total. The molecule has 4 aromatic rings. The molecule has 0 spiro atoms. The van der Waals surface area contributed by atoms with E-state index in [4.69, 9.17) is 16.3 Å². The maximum Gasteiger partial charge on any atom is 0.119 e. The van der Waals surface area contributed by atoms with E-state index in [1.54, 1.807) is 0 Å². The first-order chi connectivity index (χ1) is 17.2. The molecule has 0 aliphatic carbocycles. The molecule has 180 valence electrons. The lowest BCUT2D eigenvalue weighted by atomic mass is 9.98. The molecule has 0 amide bonds. The normalized spacial score (nSPS) is 12.9. The van der Waals surface area contributed by atoms with Crippen molar-refractivity contribution in [2.45, 2.75) is 38.3 Å². The van der Waals surface area contributed by atoms with Crippen LogP contribution in [0, 0.1) is 0 Å². The average molecular weight is 486 g/mol. The van der Waals surface area contributed by atoms with Gasteiger partial charge in [0.25, 0.3) is 0 Å². The molecule has 0 radical (unpaired) electrons. The van der Waals surface area contributed by atoms with Crippen LogP contribution >= 0.6 is 11.6 Å². The highest BCUT2D eigenvalue weighted by atomic mass is 35.5. The van der Waals surface area contributed by atoms with Gasteiger partial charge in [-0.2, -0.15) is 0 Å². The Morgan fingerprint density at radius 1 is 0.629 bits per heavy atom. The summed E-state index contributed by atoms with van der Waals surface area (Å²) in [7, 11) is 0. The second-order valence-corrected chi connectivity index (χ2v) is 9.10. The molecule has 0 saturated carbocycles. The Balaban J connectivity index is 1.50. The van der Waals surface area contributed by atoms with E-state index >= 15 is 0 Å². The van der Waals surface area contributed by atoms with Crippen molar-refractivity contribution < 1.29 is 9.84 Å². The fourth-order valence-electron chi connectivity index (χ4n) is 4.24. The molecule has 0 bridgehead atoms. The summed E-state index contributed by atoms with van der Waals surface area (Å²) in [6.45, 7) is 1.99. The summed E-state index contributed by atoms with van der Waals surface area (Å²) in [5.41, 5.74) is 4.69. The second kappa shape index (κ2) is 13.1. The topological polar surface area (TPSA) is 32.7 Å². The van der Waals surface area contributed by atoms with Gasteiger partial charge in [0.2, 0.25) is 0 Å². The fraction of sp³-hybridized carbons (Fsp3) is 0.226. The zero-order valence-electron chi connectivity index (χ0n) is 19.8. The summed E-state index contributed by atoms with van der Waals surface area (Å²) in [6.07, 6.45) is 0.0325. The maximum atomic E-state index is 11.0. The molecule has 0 heterocycles. The van der Waals surface area contributed by atoms with Gasteiger partial charge in [0, 0.05) is 25.0 Å². The van der Waals surface area contributed by atoms with Crippen LogP contribution in [0.15, 0.2) is 115 Å². The fourth-order valence-corrected chi connectivity index (χ4v) is 4.45. The van der Waals surface area contributed by atoms with Crippen molar-refractivity contribution in [2.75, 3.05) is 5.88 Å². The first kappa shape index (κ1) is 25.0. The number of aliphatic hydroxyl groups is 1. The predicted octanol–water partition coefficient (Wildman–Crippen LogP) is 6.48. The van der Waals surface area contributed by atoms with Gasteiger partial charge in [-0.25, -0.2) is 0 Å². The smallest absolute Gasteiger partial charge is 0.119 e. The Labute approximate surface area is 213 Å². The van der Waals surface area contributed by atoms with Crippen LogP contribution in [0.5, 0.6) is 5.75 Å². The number of alkyl halides is 1. The molecule has 0 aromatic heterocycles. The highest BCUT2D eigenvalue weighted by Gasteiger charge is 2.26. The summed E-state index contributed by atoms with van der Waals surface area (Å²) >= 11 is 6.19. The molecule has 0 aliphatic rings. The molecule has 0 fully saturated rings. The number of aliphatic hydroxyl groups excluding tert-OH is 1. The van der Waals surface area contributed by atoms with Gasteiger partial charge in [-0.15, -0.1) is 11.6 Å². The quantitative estimate of drug-likeness (QED) is 0.233. The largest absolute Gasteiger partial charge is 0.489 e. The third-order valence-electron chi connectivity index (χ3n) is 6.14. The van der Waals surface area contributed by atoms with Gasteiger partial charge in [0.15, 0.2) is 0 Å². The van der Waals surface area contributed by atoms with Crippen LogP contribution in [0.2, 0.25) is 0 Å². The van der Waals surface area contributed by atoms with Gasteiger partial charge >= 0.3 is 0 Å². The number of hydrogen-bond donors (Lipinski definition) is 1. The van der Waals surface area contributed by atoms with Gasteiger partial charge in [-0.1, -0.05) is 103 Å². The SMILES string of the molecule is OC(CCl)C(Cc1ccc(OCc2ccccc2)cc1)N(Cc1ccccc1)Cc1ccccc1. The minimum atomic E-state index is -0.655. The van der Waals surface area contributed by atoms with Crippen molar-refractivity contribution in [1.29, 1.82) is 0 Å².